The van der Waals surface area contributed by atoms with Gasteiger partial charge in [-0.05, 0) is 63.0 Å². The Morgan fingerprint density at radius 2 is 1.79 bits per heavy atom. The summed E-state index contributed by atoms with van der Waals surface area (Å²) in [6.07, 6.45) is 12.7. The molecule has 6 heterocycles. The number of rotatable bonds is 5. The highest BCUT2D eigenvalue weighted by molar-refractivity contribution is 5.84. The van der Waals surface area contributed by atoms with Crippen LogP contribution in [0.2, 0.25) is 0 Å². The van der Waals surface area contributed by atoms with Gasteiger partial charge in [0.25, 0.3) is 0 Å². The van der Waals surface area contributed by atoms with E-state index in [9.17, 15) is 0 Å². The van der Waals surface area contributed by atoms with Crippen molar-refractivity contribution in [2.45, 2.75) is 31.7 Å². The van der Waals surface area contributed by atoms with E-state index in [4.69, 9.17) is 10.7 Å². The maximum absolute atomic E-state index is 6.20. The first-order chi connectivity index (χ1) is 16.3. The van der Waals surface area contributed by atoms with Gasteiger partial charge in [-0.1, -0.05) is 6.07 Å². The summed E-state index contributed by atoms with van der Waals surface area (Å²) in [5.74, 6) is 1.49. The highest BCUT2D eigenvalue weighted by Crippen LogP contribution is 2.30. The molecule has 0 radical (unpaired) electrons. The van der Waals surface area contributed by atoms with Gasteiger partial charge >= 0.3 is 0 Å². The first-order valence-electron chi connectivity index (χ1n) is 11.8. The van der Waals surface area contributed by atoms with E-state index in [1.807, 2.05) is 36.8 Å². The Morgan fingerprint density at radius 1 is 0.909 bits per heavy atom. The number of fused-ring (bicyclic) bond motifs is 1. The van der Waals surface area contributed by atoms with Crippen molar-refractivity contribution < 1.29 is 0 Å². The second-order valence-electron chi connectivity index (χ2n) is 8.99. The van der Waals surface area contributed by atoms with Crippen molar-refractivity contribution in [1.29, 1.82) is 0 Å². The number of nitrogens with zero attached hydrogens (tertiary/aromatic N) is 7. The van der Waals surface area contributed by atoms with Gasteiger partial charge in [-0.2, -0.15) is 0 Å². The molecule has 2 N–H and O–H groups in total. The van der Waals surface area contributed by atoms with Gasteiger partial charge in [0, 0.05) is 55.0 Å². The summed E-state index contributed by atoms with van der Waals surface area (Å²) in [4.78, 5) is 19.0. The molecule has 33 heavy (non-hydrogen) atoms. The molecule has 2 aliphatic rings. The van der Waals surface area contributed by atoms with Crippen LogP contribution in [0.4, 0.5) is 11.6 Å². The van der Waals surface area contributed by atoms with Crippen LogP contribution in [0.5, 0.6) is 0 Å². The number of nitrogens with two attached hydrogens (primary N) is 1. The van der Waals surface area contributed by atoms with Crippen LogP contribution >= 0.6 is 0 Å². The molecule has 1 atom stereocenters. The van der Waals surface area contributed by atoms with Gasteiger partial charge in [0.15, 0.2) is 11.5 Å². The maximum atomic E-state index is 6.20. The van der Waals surface area contributed by atoms with Gasteiger partial charge in [-0.25, -0.2) is 14.5 Å². The van der Waals surface area contributed by atoms with Crippen LogP contribution in [-0.2, 0) is 0 Å². The Balaban J connectivity index is 1.25. The zero-order chi connectivity index (χ0) is 22.2. The van der Waals surface area contributed by atoms with E-state index in [0.717, 1.165) is 41.3 Å². The molecule has 4 aromatic heterocycles. The maximum Gasteiger partial charge on any atom is 0.166 e. The number of anilines is 2. The lowest BCUT2D eigenvalue weighted by molar-refractivity contribution is 0.313. The largest absolute Gasteiger partial charge is 0.382 e. The topological polar surface area (TPSA) is 88.5 Å². The first-order valence-corrected chi connectivity index (χ1v) is 11.8. The predicted octanol–water partition coefficient (Wildman–Crippen LogP) is 3.50. The molecule has 0 spiro atoms. The SMILES string of the molecule is Nc1nn2cc(-c3ccc(N4CCC[C@H]4CN4CCCC4)nc3)cnc2c1-c1ccccn1. The first kappa shape index (κ1) is 20.1. The molecule has 8 heteroatoms. The zero-order valence-corrected chi connectivity index (χ0v) is 18.6. The fraction of sp³-hybridized carbons (Fsp3) is 0.360. The molecule has 168 valence electrons. The van der Waals surface area contributed by atoms with Gasteiger partial charge in [-0.15, -0.1) is 5.10 Å². The minimum atomic E-state index is 0.421. The quantitative estimate of drug-likeness (QED) is 0.508. The lowest BCUT2D eigenvalue weighted by Crippen LogP contribution is -2.39. The van der Waals surface area contributed by atoms with E-state index in [1.54, 1.807) is 10.7 Å². The van der Waals surface area contributed by atoms with Crippen molar-refractivity contribution in [3.63, 3.8) is 0 Å². The van der Waals surface area contributed by atoms with Gasteiger partial charge in [0.1, 0.15) is 5.82 Å². The number of likely N-dealkylation sites (tertiary alicyclic amines) is 1. The summed E-state index contributed by atoms with van der Waals surface area (Å²) in [7, 11) is 0. The molecule has 2 fully saturated rings. The van der Waals surface area contributed by atoms with E-state index in [2.05, 4.69) is 37.0 Å². The van der Waals surface area contributed by atoms with Gasteiger partial charge in [0.2, 0.25) is 0 Å². The number of nitrogen functional groups attached to an aromatic ring is 1. The Hall–Kier alpha value is -3.52. The average Bonchev–Trinajstić information content (AvgIpc) is 3.60. The molecule has 0 aliphatic carbocycles. The highest BCUT2D eigenvalue weighted by atomic mass is 15.3. The summed E-state index contributed by atoms with van der Waals surface area (Å²) in [6, 6.07) is 10.6. The van der Waals surface area contributed by atoms with Crippen molar-refractivity contribution in [3.8, 4) is 22.4 Å². The standard InChI is InChI=1S/C25H28N8/c26-24-23(21-7-1-2-10-27-21)25-29-15-19(16-33(25)30-24)18-8-9-22(28-14-18)32-13-5-6-20(32)17-31-11-3-4-12-31/h1-2,7-10,14-16,20H,3-6,11-13,17H2,(H2,26,30)/t20-/m0/s1. The molecule has 0 saturated carbocycles. The monoisotopic (exact) mass is 440 g/mol. The summed E-state index contributed by atoms with van der Waals surface area (Å²) in [6.45, 7) is 4.73. The van der Waals surface area contributed by atoms with Crippen LogP contribution in [0.3, 0.4) is 0 Å². The number of hydrogen-bond donors (Lipinski definition) is 1. The van der Waals surface area contributed by atoms with E-state index in [1.165, 1.54) is 38.8 Å². The van der Waals surface area contributed by atoms with Gasteiger partial charge in [-0.3, -0.25) is 4.98 Å². The van der Waals surface area contributed by atoms with Crippen molar-refractivity contribution in [2.24, 2.45) is 0 Å². The molecule has 0 aromatic carbocycles. The number of hydrogen-bond acceptors (Lipinski definition) is 7. The predicted molar refractivity (Wildman–Crippen MR) is 130 cm³/mol. The van der Waals surface area contributed by atoms with Crippen LogP contribution in [0.15, 0.2) is 55.1 Å². The fourth-order valence-electron chi connectivity index (χ4n) is 5.17. The minimum absolute atomic E-state index is 0.421. The second kappa shape index (κ2) is 8.44. The van der Waals surface area contributed by atoms with Crippen molar-refractivity contribution >= 4 is 17.3 Å². The molecule has 2 saturated heterocycles. The van der Waals surface area contributed by atoms with Crippen molar-refractivity contribution in [1.82, 2.24) is 29.5 Å². The smallest absolute Gasteiger partial charge is 0.166 e. The molecule has 8 nitrogen and oxygen atoms in total. The molecule has 2 aliphatic heterocycles. The summed E-state index contributed by atoms with van der Waals surface area (Å²) in [5, 5.41) is 4.47. The third kappa shape index (κ3) is 3.80. The van der Waals surface area contributed by atoms with Crippen LogP contribution in [0, 0.1) is 0 Å². The van der Waals surface area contributed by atoms with E-state index < -0.39 is 0 Å². The molecule has 6 rings (SSSR count). The van der Waals surface area contributed by atoms with Crippen molar-refractivity contribution in [2.75, 3.05) is 36.8 Å². The van der Waals surface area contributed by atoms with Crippen LogP contribution in [-0.4, -0.2) is 61.7 Å². The lowest BCUT2D eigenvalue weighted by Gasteiger charge is -2.29. The molecular weight excluding hydrogens is 412 g/mol. The third-order valence-corrected chi connectivity index (χ3v) is 6.84. The molecule has 4 aromatic rings. The van der Waals surface area contributed by atoms with Gasteiger partial charge in [0.05, 0.1) is 11.3 Å². The summed E-state index contributed by atoms with van der Waals surface area (Å²) < 4.78 is 1.73. The molecule has 0 bridgehead atoms. The molecular formula is C25H28N8. The fourth-order valence-corrected chi connectivity index (χ4v) is 5.17. The Bertz CT molecular complexity index is 1240. The molecule has 0 amide bonds. The van der Waals surface area contributed by atoms with Crippen LogP contribution in [0.1, 0.15) is 25.7 Å². The normalized spacial score (nSPS) is 19.0. The Labute approximate surface area is 193 Å². The number of aromatic nitrogens is 5. The average molecular weight is 441 g/mol. The second-order valence-corrected chi connectivity index (χ2v) is 8.99. The lowest BCUT2D eigenvalue weighted by atomic mass is 10.1. The summed E-state index contributed by atoms with van der Waals surface area (Å²) in [5.41, 5.74) is 10.4. The third-order valence-electron chi connectivity index (χ3n) is 6.84. The summed E-state index contributed by atoms with van der Waals surface area (Å²) >= 11 is 0. The minimum Gasteiger partial charge on any atom is -0.382 e. The van der Waals surface area contributed by atoms with Gasteiger partial charge < -0.3 is 15.5 Å². The highest BCUT2D eigenvalue weighted by Gasteiger charge is 2.28. The van der Waals surface area contributed by atoms with E-state index in [0.29, 0.717) is 17.5 Å². The van der Waals surface area contributed by atoms with Crippen LogP contribution in [0.25, 0.3) is 28.0 Å². The van der Waals surface area contributed by atoms with Crippen LogP contribution < -0.4 is 10.6 Å². The molecule has 0 unspecified atom stereocenters. The van der Waals surface area contributed by atoms with E-state index >= 15 is 0 Å². The Kier molecular flexibility index (Phi) is 5.14. The van der Waals surface area contributed by atoms with Crippen molar-refractivity contribution in [3.05, 3.63) is 55.1 Å². The number of pyridine rings is 2. The Morgan fingerprint density at radius 3 is 2.58 bits per heavy atom. The van der Waals surface area contributed by atoms with E-state index in [-0.39, 0.29) is 0 Å². The zero-order valence-electron chi connectivity index (χ0n) is 18.6.